The molecule has 1 saturated heterocycles. The van der Waals surface area contributed by atoms with Gasteiger partial charge in [-0.3, -0.25) is 9.78 Å². The van der Waals surface area contributed by atoms with Gasteiger partial charge in [0.15, 0.2) is 0 Å². The van der Waals surface area contributed by atoms with E-state index in [1.54, 1.807) is 18.3 Å². The number of rotatable bonds is 7. The van der Waals surface area contributed by atoms with E-state index in [0.29, 0.717) is 54.2 Å². The summed E-state index contributed by atoms with van der Waals surface area (Å²) < 4.78 is 26.1. The fourth-order valence-corrected chi connectivity index (χ4v) is 8.26. The Hall–Kier alpha value is -5.36. The molecule has 0 bridgehead atoms. The average molecular weight is 647 g/mol. The summed E-state index contributed by atoms with van der Waals surface area (Å²) in [4.78, 5) is 38.9. The summed E-state index contributed by atoms with van der Waals surface area (Å²) in [5.74, 6) is 0.558. The van der Waals surface area contributed by atoms with Crippen molar-refractivity contribution in [2.24, 2.45) is 0 Å². The minimum absolute atomic E-state index is 0.0688. The van der Waals surface area contributed by atoms with E-state index in [1.807, 2.05) is 29.2 Å². The highest BCUT2D eigenvalue weighted by molar-refractivity contribution is 7.23. The first-order valence-electron chi connectivity index (χ1n) is 15.6. The Kier molecular flexibility index (Phi) is 6.46. The number of aromatic nitrogens is 4. The van der Waals surface area contributed by atoms with E-state index in [-0.39, 0.29) is 29.7 Å². The standard InChI is InChI=1S/C35H27FN6O4S/c36-20-10-7-18(8-11-20)9-12-22-27(33-40-41-35(44)46-33)28(29-30(38-22)24-5-3-15-42(24)34(29)43)26-16-19-13-14-37-32(31(19)47-26)39-23-17-45-25-6-2-1-4-21(23)25/h1-2,4,6-8,10-11,13-14,16,23-24H,3,5,9,12,15,17H2,(H,37,39)(H,41,44)/t23-,24-/m1/s1. The van der Waals surface area contributed by atoms with Gasteiger partial charge in [0.25, 0.3) is 11.8 Å². The number of hydrogen-bond donors (Lipinski definition) is 2. The molecule has 0 radical (unpaired) electrons. The van der Waals surface area contributed by atoms with Crippen molar-refractivity contribution in [1.82, 2.24) is 25.1 Å². The van der Waals surface area contributed by atoms with Crippen LogP contribution in [0.15, 0.2) is 76.1 Å². The third kappa shape index (κ3) is 4.62. The normalized spacial score (nSPS) is 18.0. The van der Waals surface area contributed by atoms with Crippen LogP contribution in [0.3, 0.4) is 0 Å². The fourth-order valence-electron chi connectivity index (χ4n) is 7.10. The first kappa shape index (κ1) is 27.9. The zero-order valence-electron chi connectivity index (χ0n) is 25.0. The maximum absolute atomic E-state index is 14.1. The summed E-state index contributed by atoms with van der Waals surface area (Å²) in [6, 6.07) is 18.2. The molecular weight excluding hydrogens is 619 g/mol. The summed E-state index contributed by atoms with van der Waals surface area (Å²) in [5.41, 5.74) is 5.09. The van der Waals surface area contributed by atoms with Gasteiger partial charge >= 0.3 is 5.76 Å². The number of hydrogen-bond acceptors (Lipinski definition) is 9. The Morgan fingerprint density at radius 3 is 2.77 bits per heavy atom. The molecule has 1 amide bonds. The van der Waals surface area contributed by atoms with Gasteiger partial charge in [0.2, 0.25) is 0 Å². The lowest BCUT2D eigenvalue weighted by atomic mass is 9.93. The van der Waals surface area contributed by atoms with Crippen molar-refractivity contribution in [3.05, 3.63) is 111 Å². The topological polar surface area (TPSA) is 126 Å². The summed E-state index contributed by atoms with van der Waals surface area (Å²) >= 11 is 1.51. The first-order chi connectivity index (χ1) is 23.0. The number of carbonyl (C=O) groups excluding carboxylic acids is 1. The van der Waals surface area contributed by atoms with E-state index in [2.05, 4.69) is 27.6 Å². The second-order valence-electron chi connectivity index (χ2n) is 12.0. The zero-order chi connectivity index (χ0) is 31.6. The summed E-state index contributed by atoms with van der Waals surface area (Å²) in [6.07, 6.45) is 4.52. The van der Waals surface area contributed by atoms with Crippen molar-refractivity contribution in [2.75, 3.05) is 18.5 Å². The van der Waals surface area contributed by atoms with Gasteiger partial charge < -0.3 is 19.4 Å². The number of aromatic amines is 1. The van der Waals surface area contributed by atoms with Crippen LogP contribution in [-0.2, 0) is 12.8 Å². The van der Waals surface area contributed by atoms with Crippen LogP contribution in [0.25, 0.3) is 32.0 Å². The molecule has 0 aliphatic carbocycles. The molecule has 47 heavy (non-hydrogen) atoms. The predicted molar refractivity (Wildman–Crippen MR) is 174 cm³/mol. The Morgan fingerprint density at radius 1 is 1.04 bits per heavy atom. The van der Waals surface area contributed by atoms with Crippen LogP contribution in [0.2, 0.25) is 0 Å². The molecule has 7 heterocycles. The van der Waals surface area contributed by atoms with Crippen LogP contribution in [-0.4, -0.2) is 44.1 Å². The van der Waals surface area contributed by atoms with Crippen LogP contribution >= 0.6 is 11.3 Å². The molecule has 2 N–H and O–H groups in total. The monoisotopic (exact) mass is 646 g/mol. The molecule has 3 aliphatic heterocycles. The van der Waals surface area contributed by atoms with Crippen LogP contribution in [0, 0.1) is 5.82 Å². The molecule has 12 heteroatoms. The van der Waals surface area contributed by atoms with Crippen LogP contribution in [0.4, 0.5) is 10.2 Å². The molecule has 6 aromatic rings. The Bertz CT molecular complexity index is 2260. The number of ether oxygens (including phenoxy) is 1. The minimum atomic E-state index is -0.700. The molecule has 0 saturated carbocycles. The largest absolute Gasteiger partial charge is 0.491 e. The SMILES string of the molecule is O=C1c2c(nc(CCc3ccc(F)cc3)c(-c3n[nH]c(=O)o3)c2-c2cc3ccnc(N[C@@H]4COc5ccccc54)c3s2)[C@H]2CCCN12. The van der Waals surface area contributed by atoms with Gasteiger partial charge in [0, 0.05) is 28.7 Å². The number of halogens is 1. The van der Waals surface area contributed by atoms with Crippen molar-refractivity contribution in [1.29, 1.82) is 0 Å². The molecule has 0 spiro atoms. The van der Waals surface area contributed by atoms with E-state index in [0.717, 1.165) is 50.4 Å². The van der Waals surface area contributed by atoms with Gasteiger partial charge in [0.05, 0.1) is 39.3 Å². The number of nitrogens with zero attached hydrogens (tertiary/aromatic N) is 4. The number of pyridine rings is 2. The predicted octanol–water partition coefficient (Wildman–Crippen LogP) is 6.46. The number of fused-ring (bicyclic) bond motifs is 5. The van der Waals surface area contributed by atoms with Gasteiger partial charge in [-0.15, -0.1) is 16.4 Å². The van der Waals surface area contributed by atoms with Gasteiger partial charge in [0.1, 0.15) is 24.0 Å². The van der Waals surface area contributed by atoms with E-state index in [9.17, 15) is 14.0 Å². The number of carbonyl (C=O) groups is 1. The Morgan fingerprint density at radius 2 is 1.91 bits per heavy atom. The van der Waals surface area contributed by atoms with E-state index < -0.39 is 5.76 Å². The number of para-hydroxylation sites is 1. The lowest BCUT2D eigenvalue weighted by Crippen LogP contribution is -2.22. The highest BCUT2D eigenvalue weighted by Crippen LogP contribution is 2.50. The van der Waals surface area contributed by atoms with Crippen molar-refractivity contribution in [3.8, 4) is 27.6 Å². The maximum atomic E-state index is 14.1. The van der Waals surface area contributed by atoms with Gasteiger partial charge in [-0.25, -0.2) is 19.3 Å². The van der Waals surface area contributed by atoms with E-state index >= 15 is 0 Å². The number of thiophene rings is 1. The average Bonchev–Trinajstić information content (AvgIpc) is 3.92. The Balaban J connectivity index is 1.22. The molecule has 4 aromatic heterocycles. The lowest BCUT2D eigenvalue weighted by molar-refractivity contribution is 0.0776. The van der Waals surface area contributed by atoms with Gasteiger partial charge in [-0.05, 0) is 67.0 Å². The van der Waals surface area contributed by atoms with Crippen molar-refractivity contribution in [2.45, 2.75) is 37.8 Å². The van der Waals surface area contributed by atoms with Crippen LogP contribution in [0.1, 0.15) is 57.8 Å². The number of benzene rings is 2. The smallest absolute Gasteiger partial charge is 0.434 e. The number of anilines is 1. The minimum Gasteiger partial charge on any atom is -0.491 e. The summed E-state index contributed by atoms with van der Waals surface area (Å²) in [7, 11) is 0. The Labute approximate surface area is 271 Å². The fraction of sp³-hybridized carbons (Fsp3) is 0.229. The second-order valence-corrected chi connectivity index (χ2v) is 13.1. The highest BCUT2D eigenvalue weighted by atomic mass is 32.1. The maximum Gasteiger partial charge on any atom is 0.434 e. The molecule has 0 unspecified atom stereocenters. The molecule has 9 rings (SSSR count). The molecule has 234 valence electrons. The molecule has 1 fully saturated rings. The summed E-state index contributed by atoms with van der Waals surface area (Å²) in [6.45, 7) is 1.14. The number of aryl methyl sites for hydroxylation is 2. The van der Waals surface area contributed by atoms with E-state index in [1.165, 1.54) is 23.5 Å². The number of nitrogens with one attached hydrogen (secondary N) is 2. The molecule has 10 nitrogen and oxygen atoms in total. The number of H-pyrrole nitrogens is 1. The third-order valence-corrected chi connectivity index (χ3v) is 10.4. The quantitative estimate of drug-likeness (QED) is 0.202. The second kappa shape index (κ2) is 10.9. The van der Waals surface area contributed by atoms with Crippen molar-refractivity contribution < 1.29 is 18.3 Å². The van der Waals surface area contributed by atoms with Crippen molar-refractivity contribution in [3.63, 3.8) is 0 Å². The molecular formula is C35H27FN6O4S. The van der Waals surface area contributed by atoms with E-state index in [4.69, 9.17) is 19.1 Å². The van der Waals surface area contributed by atoms with Gasteiger partial charge in [-0.1, -0.05) is 30.3 Å². The zero-order valence-corrected chi connectivity index (χ0v) is 25.8. The highest BCUT2D eigenvalue weighted by Gasteiger charge is 2.45. The lowest BCUT2D eigenvalue weighted by Gasteiger charge is -2.16. The first-order valence-corrected chi connectivity index (χ1v) is 16.4. The molecule has 2 aromatic carbocycles. The van der Waals surface area contributed by atoms with Crippen LogP contribution < -0.4 is 15.8 Å². The molecule has 2 atom stereocenters. The van der Waals surface area contributed by atoms with Gasteiger partial charge in [-0.2, -0.15) is 0 Å². The van der Waals surface area contributed by atoms with Crippen molar-refractivity contribution >= 4 is 33.1 Å². The van der Waals surface area contributed by atoms with Crippen LogP contribution in [0.5, 0.6) is 5.75 Å². The molecule has 3 aliphatic rings. The summed E-state index contributed by atoms with van der Waals surface area (Å²) in [5, 5.41) is 11.2. The number of amides is 1. The third-order valence-electron chi connectivity index (χ3n) is 9.25.